The van der Waals surface area contributed by atoms with E-state index < -0.39 is 18.1 Å². The highest BCUT2D eigenvalue weighted by molar-refractivity contribution is 5.75. The van der Waals surface area contributed by atoms with E-state index in [1.54, 1.807) is 0 Å². The number of esters is 1. The molecule has 0 aromatic rings. The Balaban J connectivity index is 3.31. The van der Waals surface area contributed by atoms with E-state index >= 15 is 0 Å². The molecule has 0 spiro atoms. The zero-order chi connectivity index (χ0) is 20.3. The Bertz CT molecular complexity index is 373. The van der Waals surface area contributed by atoms with Crippen LogP contribution in [0.3, 0.4) is 0 Å². The van der Waals surface area contributed by atoms with Crippen molar-refractivity contribution < 1.29 is 19.4 Å². The first kappa shape index (κ1) is 25.9. The molecule has 160 valence electrons. The number of rotatable bonds is 19. The molecule has 0 bridgehead atoms. The SMILES string of the molecule is CCCCCCCCCCCCCCCCCC(=O)OC(C)C(N)C(=O)O. The van der Waals surface area contributed by atoms with E-state index in [9.17, 15) is 9.59 Å². The van der Waals surface area contributed by atoms with Crippen molar-refractivity contribution in [3.05, 3.63) is 0 Å². The second-order valence-corrected chi connectivity index (χ2v) is 7.76. The largest absolute Gasteiger partial charge is 0.480 e. The fourth-order valence-corrected chi connectivity index (χ4v) is 3.18. The topological polar surface area (TPSA) is 89.6 Å². The molecule has 0 saturated heterocycles. The number of unbranched alkanes of at least 4 members (excludes halogenated alkanes) is 14. The van der Waals surface area contributed by atoms with Crippen molar-refractivity contribution in [2.24, 2.45) is 5.73 Å². The van der Waals surface area contributed by atoms with E-state index in [1.165, 1.54) is 84.0 Å². The fourth-order valence-electron chi connectivity index (χ4n) is 3.18. The summed E-state index contributed by atoms with van der Waals surface area (Å²) in [7, 11) is 0. The molecule has 0 aliphatic rings. The number of carboxylic acids is 1. The summed E-state index contributed by atoms with van der Waals surface area (Å²) in [5, 5.41) is 8.77. The first-order valence-electron chi connectivity index (χ1n) is 11.2. The van der Waals surface area contributed by atoms with Gasteiger partial charge in [-0.15, -0.1) is 0 Å². The highest BCUT2D eigenvalue weighted by Crippen LogP contribution is 2.14. The van der Waals surface area contributed by atoms with Gasteiger partial charge in [-0.2, -0.15) is 0 Å². The van der Waals surface area contributed by atoms with Gasteiger partial charge in [-0.05, 0) is 13.3 Å². The van der Waals surface area contributed by atoms with Crippen molar-refractivity contribution in [1.82, 2.24) is 0 Å². The summed E-state index contributed by atoms with van der Waals surface area (Å²) >= 11 is 0. The predicted molar refractivity (Wildman–Crippen MR) is 111 cm³/mol. The lowest BCUT2D eigenvalue weighted by Crippen LogP contribution is -2.42. The van der Waals surface area contributed by atoms with Gasteiger partial charge in [-0.1, -0.05) is 96.8 Å². The second kappa shape index (κ2) is 18.3. The van der Waals surface area contributed by atoms with Crippen LogP contribution in [-0.4, -0.2) is 29.2 Å². The number of ether oxygens (including phenoxy) is 1. The molecule has 2 unspecified atom stereocenters. The number of aliphatic carboxylic acids is 1. The average molecular weight is 386 g/mol. The van der Waals surface area contributed by atoms with Gasteiger partial charge in [0.15, 0.2) is 0 Å². The minimum absolute atomic E-state index is 0.342. The second-order valence-electron chi connectivity index (χ2n) is 7.76. The van der Waals surface area contributed by atoms with E-state index in [0.29, 0.717) is 6.42 Å². The first-order valence-corrected chi connectivity index (χ1v) is 11.2. The number of hydrogen-bond acceptors (Lipinski definition) is 4. The van der Waals surface area contributed by atoms with Crippen LogP contribution in [0.1, 0.15) is 117 Å². The molecule has 5 nitrogen and oxygen atoms in total. The van der Waals surface area contributed by atoms with Gasteiger partial charge in [0.25, 0.3) is 0 Å². The van der Waals surface area contributed by atoms with Gasteiger partial charge in [0, 0.05) is 6.42 Å². The number of nitrogens with two attached hydrogens (primary N) is 1. The van der Waals surface area contributed by atoms with Crippen LogP contribution < -0.4 is 5.73 Å². The Hall–Kier alpha value is -1.10. The number of carbonyl (C=O) groups excluding carboxylic acids is 1. The van der Waals surface area contributed by atoms with Crippen molar-refractivity contribution in [1.29, 1.82) is 0 Å². The predicted octanol–water partition coefficient (Wildman–Crippen LogP) is 5.59. The number of carboxylic acid groups (broad SMARTS) is 1. The standard InChI is InChI=1S/C22H43NO4/c1-3-4-5-6-7-8-9-10-11-12-13-14-15-16-17-18-20(24)27-19(2)21(23)22(25)26/h19,21H,3-18,23H2,1-2H3,(H,25,26). The number of carbonyl (C=O) groups is 2. The van der Waals surface area contributed by atoms with Crippen LogP contribution in [0, 0.1) is 0 Å². The Morgan fingerprint density at radius 1 is 0.778 bits per heavy atom. The van der Waals surface area contributed by atoms with Gasteiger partial charge in [0.1, 0.15) is 12.1 Å². The quantitative estimate of drug-likeness (QED) is 0.223. The summed E-state index contributed by atoms with van der Waals surface area (Å²) < 4.78 is 5.05. The Kier molecular flexibility index (Phi) is 17.5. The van der Waals surface area contributed by atoms with Gasteiger partial charge < -0.3 is 15.6 Å². The van der Waals surface area contributed by atoms with E-state index in [2.05, 4.69) is 6.92 Å². The highest BCUT2D eigenvalue weighted by atomic mass is 16.5. The minimum atomic E-state index is -1.16. The van der Waals surface area contributed by atoms with Gasteiger partial charge >= 0.3 is 11.9 Å². The monoisotopic (exact) mass is 385 g/mol. The van der Waals surface area contributed by atoms with Crippen LogP contribution in [0.4, 0.5) is 0 Å². The lowest BCUT2D eigenvalue weighted by molar-refractivity contribution is -0.153. The molecule has 0 saturated carbocycles. The summed E-state index contributed by atoms with van der Waals surface area (Å²) in [6.45, 7) is 3.78. The maximum atomic E-state index is 11.6. The molecule has 3 N–H and O–H groups in total. The summed E-state index contributed by atoms with van der Waals surface area (Å²) in [5.74, 6) is -1.50. The van der Waals surface area contributed by atoms with Crippen molar-refractivity contribution >= 4 is 11.9 Å². The maximum absolute atomic E-state index is 11.6. The van der Waals surface area contributed by atoms with Crippen LogP contribution >= 0.6 is 0 Å². The molecular formula is C22H43NO4. The van der Waals surface area contributed by atoms with Crippen LogP contribution in [0.15, 0.2) is 0 Å². The summed E-state index contributed by atoms with van der Waals surface area (Å²) in [6.07, 6.45) is 18.8. The van der Waals surface area contributed by atoms with E-state index in [4.69, 9.17) is 15.6 Å². The molecule has 0 rings (SSSR count). The van der Waals surface area contributed by atoms with Crippen molar-refractivity contribution in [2.45, 2.75) is 129 Å². The lowest BCUT2D eigenvalue weighted by atomic mass is 10.0. The lowest BCUT2D eigenvalue weighted by Gasteiger charge is -2.16. The summed E-state index contributed by atoms with van der Waals surface area (Å²) in [5.41, 5.74) is 5.42. The minimum Gasteiger partial charge on any atom is -0.480 e. The van der Waals surface area contributed by atoms with Gasteiger partial charge in [0.2, 0.25) is 0 Å². The van der Waals surface area contributed by atoms with E-state index in [-0.39, 0.29) is 5.97 Å². The van der Waals surface area contributed by atoms with E-state index in [0.717, 1.165) is 19.3 Å². The fraction of sp³-hybridized carbons (Fsp3) is 0.909. The molecule has 0 aromatic heterocycles. The first-order chi connectivity index (χ1) is 13.0. The Morgan fingerprint density at radius 2 is 1.15 bits per heavy atom. The smallest absolute Gasteiger partial charge is 0.324 e. The molecule has 0 aliphatic carbocycles. The summed E-state index contributed by atoms with van der Waals surface area (Å²) in [6, 6.07) is -1.16. The summed E-state index contributed by atoms with van der Waals surface area (Å²) in [4.78, 5) is 22.4. The highest BCUT2D eigenvalue weighted by Gasteiger charge is 2.23. The van der Waals surface area contributed by atoms with Crippen LogP contribution in [-0.2, 0) is 14.3 Å². The molecule has 0 aliphatic heterocycles. The normalized spacial score (nSPS) is 13.3. The molecular weight excluding hydrogens is 342 g/mol. The third-order valence-corrected chi connectivity index (χ3v) is 5.09. The molecule has 0 heterocycles. The van der Waals surface area contributed by atoms with Gasteiger partial charge in [-0.25, -0.2) is 0 Å². The Labute approximate surface area is 166 Å². The van der Waals surface area contributed by atoms with Crippen molar-refractivity contribution in [3.63, 3.8) is 0 Å². The molecule has 2 atom stereocenters. The van der Waals surface area contributed by atoms with E-state index in [1.807, 2.05) is 0 Å². The third kappa shape index (κ3) is 16.8. The van der Waals surface area contributed by atoms with Crippen molar-refractivity contribution in [3.8, 4) is 0 Å². The maximum Gasteiger partial charge on any atom is 0.324 e. The van der Waals surface area contributed by atoms with Gasteiger partial charge in [-0.3, -0.25) is 9.59 Å². The van der Waals surface area contributed by atoms with Crippen LogP contribution in [0.25, 0.3) is 0 Å². The third-order valence-electron chi connectivity index (χ3n) is 5.09. The average Bonchev–Trinajstić information content (AvgIpc) is 2.64. The molecule has 0 aromatic carbocycles. The number of hydrogen-bond donors (Lipinski definition) is 2. The molecule has 0 fully saturated rings. The molecule has 0 amide bonds. The van der Waals surface area contributed by atoms with Crippen molar-refractivity contribution in [2.75, 3.05) is 0 Å². The molecule has 27 heavy (non-hydrogen) atoms. The Morgan fingerprint density at radius 3 is 1.52 bits per heavy atom. The molecule has 0 radical (unpaired) electrons. The molecule has 5 heteroatoms. The van der Waals surface area contributed by atoms with Crippen LogP contribution in [0.2, 0.25) is 0 Å². The zero-order valence-electron chi connectivity index (χ0n) is 17.7. The van der Waals surface area contributed by atoms with Gasteiger partial charge in [0.05, 0.1) is 0 Å². The zero-order valence-corrected chi connectivity index (χ0v) is 17.7. The van der Waals surface area contributed by atoms with Crippen LogP contribution in [0.5, 0.6) is 0 Å².